The molecule has 0 saturated heterocycles. The van der Waals surface area contributed by atoms with Gasteiger partial charge in [-0.3, -0.25) is 9.59 Å². The van der Waals surface area contributed by atoms with Crippen molar-refractivity contribution in [3.63, 3.8) is 0 Å². The fourth-order valence-corrected chi connectivity index (χ4v) is 3.96. The third-order valence-electron chi connectivity index (χ3n) is 3.62. The number of carboxylic acids is 2. The van der Waals surface area contributed by atoms with E-state index in [1.165, 1.54) is 0 Å². The maximum atomic E-state index is 11.0. The molecule has 0 aromatic rings. The summed E-state index contributed by atoms with van der Waals surface area (Å²) in [6, 6.07) is 0. The number of rotatable bonds is 3. The van der Waals surface area contributed by atoms with Crippen LogP contribution in [0.3, 0.4) is 0 Å². The standard InChI is InChI=1S/C8H11NO6S/c9-8(7(12)13)1-2(16(14)15)3-4(5(3)8)6(10)11/h2-5,16H,1,9H2,(H,10,11)(H,12,13). The first-order chi connectivity index (χ1) is 7.30. The molecule has 7 nitrogen and oxygen atoms in total. The van der Waals surface area contributed by atoms with Gasteiger partial charge in [0.15, 0.2) is 0 Å². The Kier molecular flexibility index (Phi) is 2.25. The molecule has 2 saturated carbocycles. The predicted octanol–water partition coefficient (Wildman–Crippen LogP) is -1.90. The van der Waals surface area contributed by atoms with Gasteiger partial charge in [0.05, 0.1) is 11.2 Å². The van der Waals surface area contributed by atoms with E-state index in [9.17, 15) is 18.0 Å². The number of aliphatic carboxylic acids is 2. The molecule has 2 aliphatic carbocycles. The Morgan fingerprint density at radius 1 is 1.31 bits per heavy atom. The fraction of sp³-hybridized carbons (Fsp3) is 0.750. The highest BCUT2D eigenvalue weighted by atomic mass is 32.2. The van der Waals surface area contributed by atoms with Crippen LogP contribution in [-0.4, -0.2) is 41.4 Å². The lowest BCUT2D eigenvalue weighted by Crippen LogP contribution is -2.50. The van der Waals surface area contributed by atoms with Crippen LogP contribution >= 0.6 is 0 Å². The summed E-state index contributed by atoms with van der Waals surface area (Å²) in [5.74, 6) is -4.84. The summed E-state index contributed by atoms with van der Waals surface area (Å²) in [6.07, 6.45) is -0.194. The van der Waals surface area contributed by atoms with E-state index in [1.807, 2.05) is 0 Å². The van der Waals surface area contributed by atoms with Crippen LogP contribution < -0.4 is 5.73 Å². The van der Waals surface area contributed by atoms with Gasteiger partial charge in [-0.1, -0.05) is 0 Å². The van der Waals surface area contributed by atoms with Crippen molar-refractivity contribution in [3.05, 3.63) is 0 Å². The number of hydrogen-bond donors (Lipinski definition) is 4. The number of thiol groups is 1. The van der Waals surface area contributed by atoms with Crippen molar-refractivity contribution in [2.75, 3.05) is 0 Å². The van der Waals surface area contributed by atoms with E-state index in [4.69, 9.17) is 15.9 Å². The lowest BCUT2D eigenvalue weighted by molar-refractivity contribution is -0.145. The molecule has 0 heterocycles. The molecule has 2 aliphatic rings. The molecule has 0 bridgehead atoms. The van der Waals surface area contributed by atoms with Gasteiger partial charge in [-0.15, -0.1) is 0 Å². The largest absolute Gasteiger partial charge is 0.481 e. The number of carbonyl (C=O) groups is 2. The molecule has 4 N–H and O–H groups in total. The molecule has 5 atom stereocenters. The van der Waals surface area contributed by atoms with Gasteiger partial charge in [-0.2, -0.15) is 0 Å². The van der Waals surface area contributed by atoms with Crippen LogP contribution in [0.4, 0.5) is 0 Å². The molecular weight excluding hydrogens is 238 g/mol. The maximum Gasteiger partial charge on any atom is 0.324 e. The second-order valence-electron chi connectivity index (χ2n) is 4.37. The van der Waals surface area contributed by atoms with Crippen LogP contribution in [0, 0.1) is 17.8 Å². The Hall–Kier alpha value is -1.15. The second-order valence-corrected chi connectivity index (χ2v) is 5.60. The molecule has 0 radical (unpaired) electrons. The Labute approximate surface area is 92.2 Å². The number of nitrogens with two attached hydrogens (primary N) is 1. The minimum absolute atomic E-state index is 0.194. The van der Waals surface area contributed by atoms with Crippen molar-refractivity contribution in [1.82, 2.24) is 0 Å². The zero-order chi connectivity index (χ0) is 12.2. The van der Waals surface area contributed by atoms with Crippen LogP contribution in [0.5, 0.6) is 0 Å². The van der Waals surface area contributed by atoms with Crippen molar-refractivity contribution in [3.8, 4) is 0 Å². The minimum atomic E-state index is -2.84. The Morgan fingerprint density at radius 2 is 1.88 bits per heavy atom. The molecule has 8 heteroatoms. The summed E-state index contributed by atoms with van der Waals surface area (Å²) in [5.41, 5.74) is 3.90. The highest BCUT2D eigenvalue weighted by Crippen LogP contribution is 2.62. The van der Waals surface area contributed by atoms with Crippen molar-refractivity contribution < 1.29 is 28.2 Å². The van der Waals surface area contributed by atoms with E-state index in [0.717, 1.165) is 0 Å². The molecular formula is C8H11NO6S. The Balaban J connectivity index is 2.36. The molecule has 2 fully saturated rings. The van der Waals surface area contributed by atoms with Gasteiger partial charge >= 0.3 is 11.9 Å². The fourth-order valence-electron chi connectivity index (χ4n) is 2.86. The molecule has 0 aromatic heterocycles. The first-order valence-corrected chi connectivity index (χ1v) is 5.94. The molecule has 5 unspecified atom stereocenters. The smallest absolute Gasteiger partial charge is 0.324 e. The average Bonchev–Trinajstić information content (AvgIpc) is 2.81. The lowest BCUT2D eigenvalue weighted by atomic mass is 9.91. The third kappa shape index (κ3) is 1.26. The van der Waals surface area contributed by atoms with Crippen molar-refractivity contribution in [1.29, 1.82) is 0 Å². The van der Waals surface area contributed by atoms with Gasteiger partial charge in [0.25, 0.3) is 0 Å². The van der Waals surface area contributed by atoms with E-state index < -0.39 is 51.2 Å². The van der Waals surface area contributed by atoms with Crippen molar-refractivity contribution in [2.24, 2.45) is 23.5 Å². The summed E-state index contributed by atoms with van der Waals surface area (Å²) in [6.45, 7) is 0. The van der Waals surface area contributed by atoms with Crippen LogP contribution in [0.25, 0.3) is 0 Å². The van der Waals surface area contributed by atoms with Gasteiger partial charge in [-0.05, 0) is 12.3 Å². The van der Waals surface area contributed by atoms with Gasteiger partial charge in [-0.25, -0.2) is 8.42 Å². The number of carboxylic acid groups (broad SMARTS) is 2. The molecule has 2 rings (SSSR count). The summed E-state index contributed by atoms with van der Waals surface area (Å²) >= 11 is 0. The molecule has 0 aliphatic heterocycles. The minimum Gasteiger partial charge on any atom is -0.481 e. The first-order valence-electron chi connectivity index (χ1n) is 4.69. The maximum absolute atomic E-state index is 11.0. The van der Waals surface area contributed by atoms with Crippen LogP contribution in [0.2, 0.25) is 0 Å². The predicted molar refractivity (Wildman–Crippen MR) is 51.4 cm³/mol. The zero-order valence-corrected chi connectivity index (χ0v) is 8.96. The first kappa shape index (κ1) is 11.3. The number of fused-ring (bicyclic) bond motifs is 1. The molecule has 16 heavy (non-hydrogen) atoms. The van der Waals surface area contributed by atoms with Crippen LogP contribution in [-0.2, 0) is 20.3 Å². The normalized spacial score (nSPS) is 45.4. The molecule has 90 valence electrons. The van der Waals surface area contributed by atoms with Gasteiger partial charge in [0.2, 0.25) is 0 Å². The Bertz CT molecular complexity index is 438. The summed E-state index contributed by atoms with van der Waals surface area (Å²) in [4.78, 5) is 21.8. The molecule has 0 spiro atoms. The van der Waals surface area contributed by atoms with E-state index in [1.54, 1.807) is 0 Å². The Morgan fingerprint density at radius 3 is 2.25 bits per heavy atom. The molecule has 0 amide bonds. The van der Waals surface area contributed by atoms with Crippen molar-refractivity contribution >= 4 is 22.6 Å². The van der Waals surface area contributed by atoms with Crippen LogP contribution in [0.1, 0.15) is 6.42 Å². The topological polar surface area (TPSA) is 135 Å². The highest BCUT2D eigenvalue weighted by molar-refractivity contribution is 7.73. The monoisotopic (exact) mass is 249 g/mol. The zero-order valence-electron chi connectivity index (χ0n) is 8.07. The highest BCUT2D eigenvalue weighted by Gasteiger charge is 2.74. The van der Waals surface area contributed by atoms with E-state index >= 15 is 0 Å². The molecule has 0 aromatic carbocycles. The van der Waals surface area contributed by atoms with E-state index in [0.29, 0.717) is 0 Å². The van der Waals surface area contributed by atoms with E-state index in [-0.39, 0.29) is 6.42 Å². The van der Waals surface area contributed by atoms with Gasteiger partial charge in [0.1, 0.15) is 16.2 Å². The quantitative estimate of drug-likeness (QED) is 0.429. The second kappa shape index (κ2) is 3.17. The third-order valence-corrected chi connectivity index (χ3v) is 4.68. The lowest BCUT2D eigenvalue weighted by Gasteiger charge is -2.22. The van der Waals surface area contributed by atoms with Crippen LogP contribution in [0.15, 0.2) is 0 Å². The van der Waals surface area contributed by atoms with E-state index in [2.05, 4.69) is 0 Å². The van der Waals surface area contributed by atoms with Gasteiger partial charge in [0, 0.05) is 5.92 Å². The number of hydrogen-bond acceptors (Lipinski definition) is 5. The van der Waals surface area contributed by atoms with Crippen molar-refractivity contribution in [2.45, 2.75) is 17.2 Å². The average molecular weight is 249 g/mol. The summed E-state index contributed by atoms with van der Waals surface area (Å²) in [5, 5.41) is 16.9. The summed E-state index contributed by atoms with van der Waals surface area (Å²) < 4.78 is 21.8. The van der Waals surface area contributed by atoms with Gasteiger partial charge < -0.3 is 15.9 Å². The SMILES string of the molecule is NC1(C(=O)O)CC([SH](=O)=O)C2C(C(=O)O)C21. The summed E-state index contributed by atoms with van der Waals surface area (Å²) in [7, 11) is -2.84.